The molecule has 2 aliphatic heterocycles. The van der Waals surface area contributed by atoms with Crippen molar-refractivity contribution in [1.29, 1.82) is 0 Å². The van der Waals surface area contributed by atoms with Crippen molar-refractivity contribution in [2.45, 2.75) is 57.4 Å². The standard InChI is InChI=1S/C23H34N4O3/c1-2-30-20-11-7-6-10-19(20)26-16-14-25(15-17-26)18-27-21(28)23(24-22(27)29)12-8-4-3-5-9-13-23/h6-7,10-11H,2-5,8-9,12-18H2,1H3,(H,24,29). The van der Waals surface area contributed by atoms with Crippen molar-refractivity contribution in [3.05, 3.63) is 24.3 Å². The summed E-state index contributed by atoms with van der Waals surface area (Å²) in [6, 6.07) is 7.91. The summed E-state index contributed by atoms with van der Waals surface area (Å²) in [6.45, 7) is 6.33. The van der Waals surface area contributed by atoms with Crippen LogP contribution in [0.2, 0.25) is 0 Å². The third-order valence-electron chi connectivity index (χ3n) is 6.67. The number of rotatable bonds is 5. The molecule has 3 amide bonds. The van der Waals surface area contributed by atoms with Gasteiger partial charge in [0.2, 0.25) is 0 Å². The van der Waals surface area contributed by atoms with Crippen LogP contribution < -0.4 is 15.0 Å². The van der Waals surface area contributed by atoms with Gasteiger partial charge in [0.05, 0.1) is 19.0 Å². The van der Waals surface area contributed by atoms with Crippen LogP contribution in [0.1, 0.15) is 51.9 Å². The molecule has 1 aromatic carbocycles. The van der Waals surface area contributed by atoms with Crippen molar-refractivity contribution in [1.82, 2.24) is 15.1 Å². The molecule has 3 aliphatic rings. The zero-order valence-corrected chi connectivity index (χ0v) is 18.1. The van der Waals surface area contributed by atoms with Crippen molar-refractivity contribution in [2.75, 3.05) is 44.4 Å². The topological polar surface area (TPSA) is 65.1 Å². The second-order valence-electron chi connectivity index (χ2n) is 8.66. The molecule has 4 rings (SSSR count). The molecule has 1 N–H and O–H groups in total. The van der Waals surface area contributed by atoms with Gasteiger partial charge in [0.15, 0.2) is 0 Å². The zero-order chi connectivity index (χ0) is 21.0. The monoisotopic (exact) mass is 414 g/mol. The molecule has 30 heavy (non-hydrogen) atoms. The van der Waals surface area contributed by atoms with Gasteiger partial charge in [-0.3, -0.25) is 9.69 Å². The van der Waals surface area contributed by atoms with Gasteiger partial charge in [-0.2, -0.15) is 0 Å². The van der Waals surface area contributed by atoms with E-state index < -0.39 is 5.54 Å². The van der Waals surface area contributed by atoms with Crippen LogP contribution in [0, 0.1) is 0 Å². The van der Waals surface area contributed by atoms with E-state index in [0.29, 0.717) is 13.3 Å². The lowest BCUT2D eigenvalue weighted by Gasteiger charge is -2.37. The summed E-state index contributed by atoms with van der Waals surface area (Å²) < 4.78 is 5.77. The highest BCUT2D eigenvalue weighted by molar-refractivity contribution is 6.07. The van der Waals surface area contributed by atoms with Crippen LogP contribution in [0.3, 0.4) is 0 Å². The fourth-order valence-electron chi connectivity index (χ4n) is 4.98. The number of carbonyl (C=O) groups excluding carboxylic acids is 2. The molecule has 2 heterocycles. The van der Waals surface area contributed by atoms with Crippen LogP contribution in [0.4, 0.5) is 10.5 Å². The van der Waals surface area contributed by atoms with Gasteiger partial charge >= 0.3 is 6.03 Å². The Bertz CT molecular complexity index is 753. The number of benzene rings is 1. The molecule has 0 bridgehead atoms. The van der Waals surface area contributed by atoms with Gasteiger partial charge in [-0.25, -0.2) is 9.69 Å². The summed E-state index contributed by atoms with van der Waals surface area (Å²) in [5.74, 6) is 0.896. The molecule has 7 nitrogen and oxygen atoms in total. The number of piperazine rings is 1. The van der Waals surface area contributed by atoms with E-state index in [2.05, 4.69) is 21.2 Å². The molecule has 0 atom stereocenters. The highest BCUT2D eigenvalue weighted by Crippen LogP contribution is 2.33. The summed E-state index contributed by atoms with van der Waals surface area (Å²) in [4.78, 5) is 31.9. The highest BCUT2D eigenvalue weighted by Gasteiger charge is 2.50. The Morgan fingerprint density at radius 2 is 1.63 bits per heavy atom. The second-order valence-corrected chi connectivity index (χ2v) is 8.66. The molecule has 0 radical (unpaired) electrons. The SMILES string of the molecule is CCOc1ccccc1N1CCN(CN2C(=O)NC3(CCCCCCC3)C2=O)CC1. The highest BCUT2D eigenvalue weighted by atomic mass is 16.5. The van der Waals surface area contributed by atoms with Crippen molar-refractivity contribution < 1.29 is 14.3 Å². The molecule has 2 saturated heterocycles. The smallest absolute Gasteiger partial charge is 0.326 e. The molecular formula is C23H34N4O3. The molecule has 1 saturated carbocycles. The quantitative estimate of drug-likeness (QED) is 0.750. The van der Waals surface area contributed by atoms with Gasteiger partial charge < -0.3 is 15.0 Å². The number of nitrogens with zero attached hydrogens (tertiary/aromatic N) is 3. The van der Waals surface area contributed by atoms with Gasteiger partial charge in [-0.05, 0) is 31.9 Å². The van der Waals surface area contributed by atoms with Gasteiger partial charge in [0, 0.05) is 26.2 Å². The number of carbonyl (C=O) groups is 2. The Morgan fingerprint density at radius 3 is 2.33 bits per heavy atom. The first-order valence-corrected chi connectivity index (χ1v) is 11.5. The first-order valence-electron chi connectivity index (χ1n) is 11.5. The summed E-state index contributed by atoms with van der Waals surface area (Å²) >= 11 is 0. The Balaban J connectivity index is 1.36. The van der Waals surface area contributed by atoms with Crippen LogP contribution in [-0.4, -0.2) is 66.7 Å². The van der Waals surface area contributed by atoms with Crippen LogP contribution in [0.5, 0.6) is 5.75 Å². The lowest BCUT2D eigenvalue weighted by Crippen LogP contribution is -2.52. The lowest BCUT2D eigenvalue weighted by atomic mass is 9.84. The number of para-hydroxylation sites is 2. The maximum Gasteiger partial charge on any atom is 0.326 e. The van der Waals surface area contributed by atoms with Crippen LogP contribution in [0.25, 0.3) is 0 Å². The number of anilines is 1. The Hall–Kier alpha value is -2.28. The van der Waals surface area contributed by atoms with Gasteiger partial charge in [0.1, 0.15) is 11.3 Å². The second kappa shape index (κ2) is 9.25. The molecular weight excluding hydrogens is 380 g/mol. The average molecular weight is 415 g/mol. The maximum atomic E-state index is 13.2. The number of amides is 3. The summed E-state index contributed by atoms with van der Waals surface area (Å²) in [5, 5.41) is 3.07. The largest absolute Gasteiger partial charge is 0.492 e. The van der Waals surface area contributed by atoms with Gasteiger partial charge in [0.25, 0.3) is 5.91 Å². The van der Waals surface area contributed by atoms with Crippen LogP contribution in [0.15, 0.2) is 24.3 Å². The van der Waals surface area contributed by atoms with Crippen LogP contribution >= 0.6 is 0 Å². The Morgan fingerprint density at radius 1 is 0.967 bits per heavy atom. The van der Waals surface area contributed by atoms with E-state index in [1.54, 1.807) is 0 Å². The Labute approximate surface area is 179 Å². The first kappa shape index (κ1) is 21.0. The maximum absolute atomic E-state index is 13.2. The van der Waals surface area contributed by atoms with Crippen LogP contribution in [-0.2, 0) is 4.79 Å². The van der Waals surface area contributed by atoms with Gasteiger partial charge in [-0.1, -0.05) is 44.2 Å². The van der Waals surface area contributed by atoms with Crippen molar-refractivity contribution in [2.24, 2.45) is 0 Å². The molecule has 7 heteroatoms. The predicted octanol–water partition coefficient (Wildman–Crippen LogP) is 3.20. The van der Waals surface area contributed by atoms with Crippen molar-refractivity contribution in [3.63, 3.8) is 0 Å². The summed E-state index contributed by atoms with van der Waals surface area (Å²) in [6.07, 6.45) is 7.10. The first-order chi connectivity index (χ1) is 14.6. The fourth-order valence-corrected chi connectivity index (χ4v) is 4.98. The number of nitrogens with one attached hydrogen (secondary N) is 1. The van der Waals surface area contributed by atoms with E-state index in [-0.39, 0.29) is 11.9 Å². The minimum atomic E-state index is -0.657. The fraction of sp³-hybridized carbons (Fsp3) is 0.652. The summed E-state index contributed by atoms with van der Waals surface area (Å²) in [7, 11) is 0. The van der Waals surface area contributed by atoms with E-state index in [9.17, 15) is 9.59 Å². The Kier molecular flexibility index (Phi) is 6.46. The van der Waals surface area contributed by atoms with Crippen molar-refractivity contribution in [3.8, 4) is 5.75 Å². The van der Waals surface area contributed by atoms with Crippen molar-refractivity contribution >= 4 is 17.6 Å². The third-order valence-corrected chi connectivity index (χ3v) is 6.67. The van der Waals surface area contributed by atoms with E-state index >= 15 is 0 Å². The molecule has 1 aromatic rings. The number of ether oxygens (including phenoxy) is 1. The molecule has 3 fully saturated rings. The zero-order valence-electron chi connectivity index (χ0n) is 18.1. The van der Waals surface area contributed by atoms with E-state index in [1.807, 2.05) is 25.1 Å². The average Bonchev–Trinajstić information content (AvgIpc) is 2.97. The number of hydrogen-bond donors (Lipinski definition) is 1. The van der Waals surface area contributed by atoms with Gasteiger partial charge in [-0.15, -0.1) is 0 Å². The molecule has 0 aromatic heterocycles. The molecule has 164 valence electrons. The number of imide groups is 1. The molecule has 1 aliphatic carbocycles. The molecule has 0 unspecified atom stereocenters. The summed E-state index contributed by atoms with van der Waals surface area (Å²) in [5.41, 5.74) is 0.456. The van der Waals surface area contributed by atoms with E-state index in [4.69, 9.17) is 4.74 Å². The third kappa shape index (κ3) is 4.26. The minimum Gasteiger partial charge on any atom is -0.492 e. The lowest BCUT2D eigenvalue weighted by molar-refractivity contribution is -0.133. The minimum absolute atomic E-state index is 0.0153. The number of hydrogen-bond acceptors (Lipinski definition) is 5. The normalized spacial score (nSPS) is 22.7. The van der Waals surface area contributed by atoms with E-state index in [0.717, 1.165) is 76.1 Å². The van der Waals surface area contributed by atoms with E-state index in [1.165, 1.54) is 11.3 Å². The number of urea groups is 1. The predicted molar refractivity (Wildman–Crippen MR) is 117 cm³/mol. The molecule has 1 spiro atoms.